The molecule has 3 atom stereocenters. The highest BCUT2D eigenvalue weighted by Gasteiger charge is 2.45. The third-order valence-electron chi connectivity index (χ3n) is 5.44. The van der Waals surface area contributed by atoms with Gasteiger partial charge < -0.3 is 10.6 Å². The zero-order valence-corrected chi connectivity index (χ0v) is 15.5. The van der Waals surface area contributed by atoms with E-state index >= 15 is 0 Å². The van der Waals surface area contributed by atoms with Crippen molar-refractivity contribution in [1.82, 2.24) is 10.2 Å². The van der Waals surface area contributed by atoms with Gasteiger partial charge in [0.2, 0.25) is 11.8 Å². The summed E-state index contributed by atoms with van der Waals surface area (Å²) in [5, 5.41) is 5.64. The molecule has 27 heavy (non-hydrogen) atoms. The van der Waals surface area contributed by atoms with Crippen LogP contribution >= 0.6 is 0 Å². The maximum absolute atomic E-state index is 13.3. The Bertz CT molecular complexity index is 724. The molecule has 7 heteroatoms. The summed E-state index contributed by atoms with van der Waals surface area (Å²) in [6, 6.07) is 5.08. The Morgan fingerprint density at radius 2 is 2.11 bits per heavy atom. The molecule has 3 unspecified atom stereocenters. The van der Waals surface area contributed by atoms with E-state index < -0.39 is 5.82 Å². The first kappa shape index (κ1) is 19.3. The fraction of sp³-hybridized carbons (Fsp3) is 0.550. The summed E-state index contributed by atoms with van der Waals surface area (Å²) in [6.45, 7) is 2.52. The van der Waals surface area contributed by atoms with Gasteiger partial charge in [0.1, 0.15) is 5.82 Å². The van der Waals surface area contributed by atoms with Gasteiger partial charge in [-0.15, -0.1) is 0 Å². The van der Waals surface area contributed by atoms with Crippen LogP contribution in [-0.4, -0.2) is 35.3 Å². The molecule has 1 aliphatic carbocycles. The molecule has 3 rings (SSSR count). The lowest BCUT2D eigenvalue weighted by Gasteiger charge is -2.42. The predicted octanol–water partition coefficient (Wildman–Crippen LogP) is 3.29. The van der Waals surface area contributed by atoms with Gasteiger partial charge in [-0.1, -0.05) is 25.8 Å². The smallest absolute Gasteiger partial charge is 0.324 e. The molecule has 6 nitrogen and oxygen atoms in total. The fourth-order valence-corrected chi connectivity index (χ4v) is 3.94. The summed E-state index contributed by atoms with van der Waals surface area (Å²) in [6.07, 6.45) is 4.38. The lowest BCUT2D eigenvalue weighted by molar-refractivity contribution is -0.138. The van der Waals surface area contributed by atoms with Gasteiger partial charge in [-0.3, -0.25) is 14.5 Å². The van der Waals surface area contributed by atoms with E-state index in [9.17, 15) is 18.8 Å². The Labute approximate surface area is 158 Å². The van der Waals surface area contributed by atoms with Crippen molar-refractivity contribution in [3.63, 3.8) is 0 Å². The third-order valence-corrected chi connectivity index (χ3v) is 5.44. The van der Waals surface area contributed by atoms with Crippen molar-refractivity contribution in [1.29, 1.82) is 0 Å². The number of nitrogens with one attached hydrogen (secondary N) is 2. The quantitative estimate of drug-likeness (QED) is 0.749. The molecule has 1 saturated heterocycles. The molecule has 0 aromatic heterocycles. The Balaban J connectivity index is 1.59. The standard InChI is InChI=1S/C20H26FN3O3/c1-2-3-4-10-24-19(26)16-9-8-13(11-17(16)23-20(24)27)18(25)22-15-7-5-6-14(21)12-15/h5-7,12-13,16-17H,2-4,8-11H2,1H3,(H,22,25)(H,23,27). The van der Waals surface area contributed by atoms with Gasteiger partial charge in [0.05, 0.1) is 5.92 Å². The number of urea groups is 1. The fourth-order valence-electron chi connectivity index (χ4n) is 3.94. The average molecular weight is 375 g/mol. The summed E-state index contributed by atoms with van der Waals surface area (Å²) in [5.41, 5.74) is 0.410. The lowest BCUT2D eigenvalue weighted by atomic mass is 9.76. The number of carbonyl (C=O) groups excluding carboxylic acids is 3. The second kappa shape index (κ2) is 8.50. The summed E-state index contributed by atoms with van der Waals surface area (Å²) in [5.74, 6) is -1.31. The minimum absolute atomic E-state index is 0.121. The molecular formula is C20H26FN3O3. The number of benzene rings is 1. The Morgan fingerprint density at radius 3 is 2.85 bits per heavy atom. The number of hydrogen-bond acceptors (Lipinski definition) is 3. The number of rotatable bonds is 6. The van der Waals surface area contributed by atoms with Crippen molar-refractivity contribution in [3.05, 3.63) is 30.1 Å². The molecule has 1 heterocycles. The molecular weight excluding hydrogens is 349 g/mol. The normalized spacial score (nSPS) is 25.0. The highest BCUT2D eigenvalue weighted by Crippen LogP contribution is 2.33. The number of halogens is 1. The molecule has 0 spiro atoms. The van der Waals surface area contributed by atoms with E-state index in [1.165, 1.54) is 23.1 Å². The van der Waals surface area contributed by atoms with E-state index in [1.54, 1.807) is 6.07 Å². The lowest BCUT2D eigenvalue weighted by Crippen LogP contribution is -2.62. The number of imide groups is 1. The van der Waals surface area contributed by atoms with Crippen molar-refractivity contribution >= 4 is 23.5 Å². The summed E-state index contributed by atoms with van der Waals surface area (Å²) >= 11 is 0. The van der Waals surface area contributed by atoms with Crippen LogP contribution in [0, 0.1) is 17.7 Å². The van der Waals surface area contributed by atoms with Gasteiger partial charge in [-0.05, 0) is 43.9 Å². The maximum Gasteiger partial charge on any atom is 0.324 e. The number of amides is 4. The zero-order chi connectivity index (χ0) is 19.4. The second-order valence-corrected chi connectivity index (χ2v) is 7.37. The molecule has 1 saturated carbocycles. The molecule has 0 radical (unpaired) electrons. The Hall–Kier alpha value is -2.44. The predicted molar refractivity (Wildman–Crippen MR) is 99.4 cm³/mol. The largest absolute Gasteiger partial charge is 0.334 e. The number of nitrogens with zero attached hydrogens (tertiary/aromatic N) is 1. The first-order valence-electron chi connectivity index (χ1n) is 9.68. The number of hydrogen-bond donors (Lipinski definition) is 2. The van der Waals surface area contributed by atoms with Crippen LogP contribution in [0.15, 0.2) is 24.3 Å². The SMILES string of the molecule is CCCCCN1C(=O)NC2CC(C(=O)Nc3cccc(F)c3)CCC2C1=O. The molecule has 146 valence electrons. The van der Waals surface area contributed by atoms with Crippen LogP contribution in [0.1, 0.15) is 45.4 Å². The average Bonchev–Trinajstić information content (AvgIpc) is 2.64. The van der Waals surface area contributed by atoms with Crippen LogP contribution in [0.25, 0.3) is 0 Å². The first-order chi connectivity index (χ1) is 13.0. The van der Waals surface area contributed by atoms with Crippen molar-refractivity contribution < 1.29 is 18.8 Å². The first-order valence-corrected chi connectivity index (χ1v) is 9.68. The second-order valence-electron chi connectivity index (χ2n) is 7.37. The molecule has 2 fully saturated rings. The maximum atomic E-state index is 13.3. The number of unbranched alkanes of at least 4 members (excludes halogenated alkanes) is 2. The molecule has 1 aromatic rings. The molecule has 2 N–H and O–H groups in total. The highest BCUT2D eigenvalue weighted by molar-refractivity contribution is 5.99. The Kier molecular flexibility index (Phi) is 6.08. The molecule has 2 aliphatic rings. The van der Waals surface area contributed by atoms with Crippen LogP contribution in [0.5, 0.6) is 0 Å². The van der Waals surface area contributed by atoms with Crippen LogP contribution < -0.4 is 10.6 Å². The summed E-state index contributed by atoms with van der Waals surface area (Å²) in [4.78, 5) is 38.8. The van der Waals surface area contributed by atoms with Crippen molar-refractivity contribution in [2.24, 2.45) is 11.8 Å². The van der Waals surface area contributed by atoms with E-state index in [0.717, 1.165) is 19.3 Å². The topological polar surface area (TPSA) is 78.5 Å². The van der Waals surface area contributed by atoms with E-state index in [4.69, 9.17) is 0 Å². The van der Waals surface area contributed by atoms with Gasteiger partial charge in [0, 0.05) is 24.2 Å². The number of anilines is 1. The number of fused-ring (bicyclic) bond motifs is 1. The van der Waals surface area contributed by atoms with E-state index in [0.29, 0.717) is 31.5 Å². The van der Waals surface area contributed by atoms with E-state index in [1.807, 2.05) is 0 Å². The highest BCUT2D eigenvalue weighted by atomic mass is 19.1. The van der Waals surface area contributed by atoms with Gasteiger partial charge in [-0.25, -0.2) is 9.18 Å². The van der Waals surface area contributed by atoms with E-state index in [-0.39, 0.29) is 35.7 Å². The van der Waals surface area contributed by atoms with Crippen LogP contribution in [0.3, 0.4) is 0 Å². The minimum atomic E-state index is -0.412. The minimum Gasteiger partial charge on any atom is -0.334 e. The van der Waals surface area contributed by atoms with Gasteiger partial charge in [-0.2, -0.15) is 0 Å². The van der Waals surface area contributed by atoms with Crippen LogP contribution in [0.4, 0.5) is 14.9 Å². The Morgan fingerprint density at radius 1 is 1.30 bits per heavy atom. The molecule has 1 aliphatic heterocycles. The zero-order valence-electron chi connectivity index (χ0n) is 15.5. The molecule has 1 aromatic carbocycles. The van der Waals surface area contributed by atoms with Crippen LogP contribution in [-0.2, 0) is 9.59 Å². The van der Waals surface area contributed by atoms with Crippen molar-refractivity contribution in [2.75, 3.05) is 11.9 Å². The van der Waals surface area contributed by atoms with Gasteiger partial charge in [0.15, 0.2) is 0 Å². The third kappa shape index (κ3) is 4.46. The van der Waals surface area contributed by atoms with Gasteiger partial charge in [0.25, 0.3) is 0 Å². The molecule has 4 amide bonds. The summed E-state index contributed by atoms with van der Waals surface area (Å²) < 4.78 is 13.3. The van der Waals surface area contributed by atoms with E-state index in [2.05, 4.69) is 17.6 Å². The number of carbonyl (C=O) groups is 3. The van der Waals surface area contributed by atoms with Crippen molar-refractivity contribution in [3.8, 4) is 0 Å². The van der Waals surface area contributed by atoms with Crippen molar-refractivity contribution in [2.45, 2.75) is 51.5 Å². The molecule has 0 bridgehead atoms. The van der Waals surface area contributed by atoms with Crippen LogP contribution in [0.2, 0.25) is 0 Å². The van der Waals surface area contributed by atoms with Gasteiger partial charge >= 0.3 is 6.03 Å². The summed E-state index contributed by atoms with van der Waals surface area (Å²) in [7, 11) is 0. The monoisotopic (exact) mass is 375 g/mol.